The number of hydrogen-bond acceptors (Lipinski definition) is 4. The molecule has 0 unspecified atom stereocenters. The third-order valence-corrected chi connectivity index (χ3v) is 6.34. The zero-order valence-corrected chi connectivity index (χ0v) is 20.1. The second-order valence-corrected chi connectivity index (χ2v) is 9.40. The lowest BCUT2D eigenvalue weighted by atomic mass is 10.0. The van der Waals surface area contributed by atoms with E-state index in [1.54, 1.807) is 0 Å². The van der Waals surface area contributed by atoms with Crippen molar-refractivity contribution < 1.29 is 4.79 Å². The summed E-state index contributed by atoms with van der Waals surface area (Å²) in [4.78, 5) is 23.2. The molecule has 6 heteroatoms. The van der Waals surface area contributed by atoms with Gasteiger partial charge in [0.1, 0.15) is 16.9 Å². The fraction of sp³-hybridized carbons (Fsp3) is 0.370. The average Bonchev–Trinajstić information content (AvgIpc) is 3.04. The number of nitrogens with two attached hydrogens (primary N) is 1. The van der Waals surface area contributed by atoms with Crippen molar-refractivity contribution in [3.63, 3.8) is 0 Å². The first-order valence-corrected chi connectivity index (χ1v) is 11.7. The van der Waals surface area contributed by atoms with Gasteiger partial charge in [-0.25, -0.2) is 9.97 Å². The molecule has 0 aliphatic carbocycles. The van der Waals surface area contributed by atoms with Gasteiger partial charge >= 0.3 is 0 Å². The Morgan fingerprint density at radius 2 is 1.70 bits per heavy atom. The Balaban J connectivity index is 1.84. The van der Waals surface area contributed by atoms with E-state index in [9.17, 15) is 4.79 Å². The molecule has 0 fully saturated rings. The molecular weight excluding hydrogens is 410 g/mol. The summed E-state index contributed by atoms with van der Waals surface area (Å²) in [5.74, 6) is 0.812. The highest BCUT2D eigenvalue weighted by molar-refractivity contribution is 6.11. The molecule has 0 saturated heterocycles. The number of fused-ring (bicyclic) bond motifs is 2. The van der Waals surface area contributed by atoms with Crippen molar-refractivity contribution in [3.8, 4) is 5.69 Å². The van der Waals surface area contributed by atoms with Crippen LogP contribution in [0.1, 0.15) is 61.5 Å². The lowest BCUT2D eigenvalue weighted by molar-refractivity contribution is 0.0940. The van der Waals surface area contributed by atoms with E-state index in [4.69, 9.17) is 15.7 Å². The number of nitrogen functional groups attached to an aromatic ring is 1. The summed E-state index contributed by atoms with van der Waals surface area (Å²) in [5, 5.41) is 3.14. The van der Waals surface area contributed by atoms with Crippen molar-refractivity contribution in [2.45, 2.75) is 59.9 Å². The van der Waals surface area contributed by atoms with Gasteiger partial charge in [-0.1, -0.05) is 51.0 Å². The van der Waals surface area contributed by atoms with E-state index in [2.05, 4.69) is 39.1 Å². The van der Waals surface area contributed by atoms with Crippen molar-refractivity contribution in [2.24, 2.45) is 5.92 Å². The summed E-state index contributed by atoms with van der Waals surface area (Å²) in [7, 11) is 0. The van der Waals surface area contributed by atoms with E-state index in [0.29, 0.717) is 28.5 Å². The quantitative estimate of drug-likeness (QED) is 0.383. The number of rotatable bonds is 7. The van der Waals surface area contributed by atoms with Crippen molar-refractivity contribution in [1.82, 2.24) is 19.9 Å². The lowest BCUT2D eigenvalue weighted by Crippen LogP contribution is -2.33. The number of hydrogen-bond donors (Lipinski definition) is 2. The van der Waals surface area contributed by atoms with Crippen LogP contribution >= 0.6 is 0 Å². The number of nitrogens with zero attached hydrogens (tertiary/aromatic N) is 3. The van der Waals surface area contributed by atoms with Crippen molar-refractivity contribution in [3.05, 3.63) is 59.2 Å². The summed E-state index contributed by atoms with van der Waals surface area (Å²) < 4.78 is 1.87. The molecular formula is C27H33N5O. The van der Waals surface area contributed by atoms with Gasteiger partial charge in [-0.15, -0.1) is 0 Å². The fourth-order valence-corrected chi connectivity index (χ4v) is 4.31. The predicted octanol–water partition coefficient (Wildman–Crippen LogP) is 5.72. The number of carbonyl (C=O) groups excluding carboxylic acids is 1. The van der Waals surface area contributed by atoms with Crippen LogP contribution in [-0.4, -0.2) is 26.5 Å². The molecule has 0 aliphatic rings. The number of nitrogens with one attached hydrogen (secondary N) is 1. The van der Waals surface area contributed by atoms with Crippen LogP contribution in [-0.2, 0) is 0 Å². The first-order valence-electron chi connectivity index (χ1n) is 11.7. The monoisotopic (exact) mass is 443 g/mol. The summed E-state index contributed by atoms with van der Waals surface area (Å²) in [6.45, 7) is 10.6. The number of aromatic nitrogens is 3. The Kier molecular flexibility index (Phi) is 6.36. The molecule has 0 saturated carbocycles. The maximum atomic E-state index is 13.4. The number of para-hydroxylation sites is 2. The third kappa shape index (κ3) is 4.42. The smallest absolute Gasteiger partial charge is 0.257 e. The molecule has 3 N–H and O–H groups in total. The number of amides is 1. The van der Waals surface area contributed by atoms with E-state index in [1.807, 2.05) is 47.9 Å². The average molecular weight is 444 g/mol. The van der Waals surface area contributed by atoms with Gasteiger partial charge in [0.15, 0.2) is 5.65 Å². The summed E-state index contributed by atoms with van der Waals surface area (Å²) in [6, 6.07) is 13.8. The molecule has 33 heavy (non-hydrogen) atoms. The maximum Gasteiger partial charge on any atom is 0.257 e. The van der Waals surface area contributed by atoms with E-state index in [1.165, 1.54) is 0 Å². The molecule has 172 valence electrons. The van der Waals surface area contributed by atoms with Crippen molar-refractivity contribution in [2.75, 3.05) is 5.73 Å². The minimum Gasteiger partial charge on any atom is -0.384 e. The highest BCUT2D eigenvalue weighted by atomic mass is 16.1. The topological polar surface area (TPSA) is 85.8 Å². The van der Waals surface area contributed by atoms with Crippen molar-refractivity contribution in [1.29, 1.82) is 0 Å². The highest BCUT2D eigenvalue weighted by Crippen LogP contribution is 2.32. The van der Waals surface area contributed by atoms with E-state index in [0.717, 1.165) is 47.1 Å². The van der Waals surface area contributed by atoms with Gasteiger partial charge in [0.2, 0.25) is 0 Å². The SMILES string of the molecule is Cc1cccc(-n2c(N)c(C(=O)N[C@H](C)CCCC(C)C)c3nc4ccccc4nc32)c1C. The van der Waals surface area contributed by atoms with Gasteiger partial charge in [0, 0.05) is 6.04 Å². The van der Waals surface area contributed by atoms with Crippen LogP contribution in [0.15, 0.2) is 42.5 Å². The Morgan fingerprint density at radius 3 is 2.39 bits per heavy atom. The molecule has 2 aromatic carbocycles. The molecule has 4 aromatic rings. The van der Waals surface area contributed by atoms with Crippen LogP contribution in [0.2, 0.25) is 0 Å². The van der Waals surface area contributed by atoms with Crippen LogP contribution in [0.4, 0.5) is 5.82 Å². The second-order valence-electron chi connectivity index (χ2n) is 9.40. The minimum atomic E-state index is -0.205. The Bertz CT molecular complexity index is 1320. The molecule has 6 nitrogen and oxygen atoms in total. The third-order valence-electron chi connectivity index (χ3n) is 6.34. The predicted molar refractivity (Wildman–Crippen MR) is 136 cm³/mol. The number of benzene rings is 2. The maximum absolute atomic E-state index is 13.4. The molecule has 0 radical (unpaired) electrons. The first-order chi connectivity index (χ1) is 15.8. The number of anilines is 1. The van der Waals surface area contributed by atoms with E-state index >= 15 is 0 Å². The Labute approximate surface area is 195 Å². The minimum absolute atomic E-state index is 0.0446. The number of carbonyl (C=O) groups is 1. The molecule has 0 aliphatic heterocycles. The first kappa shape index (κ1) is 22.8. The van der Waals surface area contributed by atoms with Crippen molar-refractivity contribution >= 4 is 33.9 Å². The highest BCUT2D eigenvalue weighted by Gasteiger charge is 2.26. The van der Waals surface area contributed by atoms with Crippen LogP contribution in [0.5, 0.6) is 0 Å². The zero-order chi connectivity index (χ0) is 23.7. The normalized spacial score (nSPS) is 12.5. The molecule has 0 spiro atoms. The van der Waals surface area contributed by atoms with Crippen LogP contribution in [0, 0.1) is 19.8 Å². The fourth-order valence-electron chi connectivity index (χ4n) is 4.31. The molecule has 4 rings (SSSR count). The van der Waals surface area contributed by atoms with Crippen LogP contribution < -0.4 is 11.1 Å². The molecule has 2 aromatic heterocycles. The zero-order valence-electron chi connectivity index (χ0n) is 20.1. The standard InChI is InChI=1S/C27H33N5O/c1-16(2)10-8-12-18(4)29-27(33)23-24-26(31-21-14-7-6-13-20(21)30-24)32(25(23)28)22-15-9-11-17(3)19(22)5/h6-7,9,11,13-16,18H,8,10,12,28H2,1-5H3,(H,29,33)/t18-/m1/s1. The summed E-state index contributed by atoms with van der Waals surface area (Å²) in [6.07, 6.45) is 3.14. The molecule has 2 heterocycles. The van der Waals surface area contributed by atoms with Crippen LogP contribution in [0.25, 0.3) is 27.9 Å². The van der Waals surface area contributed by atoms with E-state index in [-0.39, 0.29) is 11.9 Å². The van der Waals surface area contributed by atoms with Gasteiger partial charge in [-0.2, -0.15) is 0 Å². The summed E-state index contributed by atoms with van der Waals surface area (Å²) >= 11 is 0. The Hall–Kier alpha value is -3.41. The lowest BCUT2D eigenvalue weighted by Gasteiger charge is -2.15. The van der Waals surface area contributed by atoms with Gasteiger partial charge in [-0.05, 0) is 62.4 Å². The van der Waals surface area contributed by atoms with Crippen LogP contribution in [0.3, 0.4) is 0 Å². The van der Waals surface area contributed by atoms with Gasteiger partial charge in [0.25, 0.3) is 5.91 Å². The Morgan fingerprint density at radius 1 is 1.00 bits per heavy atom. The molecule has 1 amide bonds. The van der Waals surface area contributed by atoms with Gasteiger partial charge < -0.3 is 11.1 Å². The second kappa shape index (κ2) is 9.22. The van der Waals surface area contributed by atoms with Gasteiger partial charge in [-0.3, -0.25) is 9.36 Å². The van der Waals surface area contributed by atoms with Gasteiger partial charge in [0.05, 0.1) is 16.7 Å². The van der Waals surface area contributed by atoms with E-state index < -0.39 is 0 Å². The molecule has 0 bridgehead atoms. The number of aryl methyl sites for hydroxylation is 1. The largest absolute Gasteiger partial charge is 0.384 e. The summed E-state index contributed by atoms with van der Waals surface area (Å²) in [5.41, 5.74) is 12.8. The molecule has 1 atom stereocenters.